The lowest BCUT2D eigenvalue weighted by Crippen LogP contribution is -2.14. The van der Waals surface area contributed by atoms with Crippen molar-refractivity contribution in [1.29, 1.82) is 0 Å². The van der Waals surface area contributed by atoms with Gasteiger partial charge in [0.15, 0.2) is 0 Å². The highest BCUT2D eigenvalue weighted by Crippen LogP contribution is 2.23. The number of nitrogens with one attached hydrogen (secondary N) is 1. The molecule has 0 atom stereocenters. The SMILES string of the molecule is O=C(Nc1ccc(Cl)c(F)c1)c1cc(F)ccc1[N+](=O)[O-]. The minimum absolute atomic E-state index is 0.0421. The van der Waals surface area contributed by atoms with Gasteiger partial charge >= 0.3 is 0 Å². The molecule has 0 aliphatic rings. The van der Waals surface area contributed by atoms with E-state index in [0.717, 1.165) is 24.3 Å². The van der Waals surface area contributed by atoms with Gasteiger partial charge in [0.25, 0.3) is 11.6 Å². The number of carbonyl (C=O) groups excluding carboxylic acids is 1. The van der Waals surface area contributed by atoms with E-state index >= 15 is 0 Å². The van der Waals surface area contributed by atoms with Gasteiger partial charge in [-0.2, -0.15) is 0 Å². The third-order valence-corrected chi connectivity index (χ3v) is 2.88. The molecule has 0 saturated heterocycles. The van der Waals surface area contributed by atoms with Gasteiger partial charge in [-0.1, -0.05) is 11.6 Å². The molecule has 0 aromatic heterocycles. The topological polar surface area (TPSA) is 72.2 Å². The molecule has 2 aromatic rings. The summed E-state index contributed by atoms with van der Waals surface area (Å²) in [5, 5.41) is 12.9. The molecule has 0 radical (unpaired) electrons. The first-order valence-corrected chi connectivity index (χ1v) is 5.96. The first-order chi connectivity index (χ1) is 9.88. The molecule has 0 bridgehead atoms. The highest BCUT2D eigenvalue weighted by molar-refractivity contribution is 6.30. The molecule has 1 amide bonds. The van der Waals surface area contributed by atoms with Crippen molar-refractivity contribution < 1.29 is 18.5 Å². The molecule has 0 unspecified atom stereocenters. The molecule has 0 spiro atoms. The highest BCUT2D eigenvalue weighted by Gasteiger charge is 2.21. The van der Waals surface area contributed by atoms with E-state index in [2.05, 4.69) is 5.32 Å². The van der Waals surface area contributed by atoms with Crippen molar-refractivity contribution in [2.75, 3.05) is 5.32 Å². The Morgan fingerprint density at radius 2 is 1.90 bits per heavy atom. The summed E-state index contributed by atoms with van der Waals surface area (Å²) >= 11 is 5.50. The smallest absolute Gasteiger partial charge is 0.282 e. The van der Waals surface area contributed by atoms with Crippen molar-refractivity contribution in [3.05, 3.63) is 68.7 Å². The number of rotatable bonds is 3. The Balaban J connectivity index is 2.34. The van der Waals surface area contributed by atoms with E-state index in [-0.39, 0.29) is 10.7 Å². The third-order valence-electron chi connectivity index (χ3n) is 2.58. The van der Waals surface area contributed by atoms with Crippen molar-refractivity contribution >= 4 is 28.9 Å². The zero-order chi connectivity index (χ0) is 15.6. The van der Waals surface area contributed by atoms with Gasteiger partial charge in [0.2, 0.25) is 0 Å². The molecule has 8 heteroatoms. The first-order valence-electron chi connectivity index (χ1n) is 5.59. The Morgan fingerprint density at radius 3 is 2.52 bits per heavy atom. The van der Waals surface area contributed by atoms with Crippen LogP contribution >= 0.6 is 11.6 Å². The van der Waals surface area contributed by atoms with E-state index in [4.69, 9.17) is 11.6 Å². The summed E-state index contributed by atoms with van der Waals surface area (Å²) in [5.41, 5.74) is -0.973. The minimum atomic E-state index is -0.928. The summed E-state index contributed by atoms with van der Waals surface area (Å²) in [6, 6.07) is 5.97. The van der Waals surface area contributed by atoms with E-state index in [9.17, 15) is 23.7 Å². The van der Waals surface area contributed by atoms with Gasteiger partial charge in [0, 0.05) is 11.8 Å². The number of halogens is 3. The average Bonchev–Trinajstić information content (AvgIpc) is 2.42. The van der Waals surface area contributed by atoms with Crippen molar-refractivity contribution in [1.82, 2.24) is 0 Å². The van der Waals surface area contributed by atoms with Gasteiger partial charge in [-0.15, -0.1) is 0 Å². The quantitative estimate of drug-likeness (QED) is 0.692. The van der Waals surface area contributed by atoms with Crippen LogP contribution in [0.4, 0.5) is 20.2 Å². The molecular weight excluding hydrogens is 306 g/mol. The second-order valence-corrected chi connectivity index (χ2v) is 4.41. The Morgan fingerprint density at radius 1 is 1.19 bits per heavy atom. The van der Waals surface area contributed by atoms with Gasteiger partial charge in [-0.25, -0.2) is 8.78 Å². The predicted molar refractivity (Wildman–Crippen MR) is 72.4 cm³/mol. The number of hydrogen-bond donors (Lipinski definition) is 1. The molecule has 1 N–H and O–H groups in total. The first kappa shape index (κ1) is 14.9. The van der Waals surface area contributed by atoms with Gasteiger partial charge in [-0.05, 0) is 30.3 Å². The van der Waals surface area contributed by atoms with Gasteiger partial charge in [0.05, 0.1) is 9.95 Å². The Kier molecular flexibility index (Phi) is 4.13. The number of nitro groups is 1. The zero-order valence-corrected chi connectivity index (χ0v) is 11.0. The fourth-order valence-corrected chi connectivity index (χ4v) is 1.74. The fourth-order valence-electron chi connectivity index (χ4n) is 1.62. The van der Waals surface area contributed by atoms with E-state index in [0.29, 0.717) is 0 Å². The van der Waals surface area contributed by atoms with Crippen molar-refractivity contribution in [3.8, 4) is 0 Å². The second-order valence-electron chi connectivity index (χ2n) is 4.00. The van der Waals surface area contributed by atoms with E-state index < -0.39 is 33.7 Å². The van der Waals surface area contributed by atoms with E-state index in [1.807, 2.05) is 0 Å². The molecule has 0 fully saturated rings. The highest BCUT2D eigenvalue weighted by atomic mass is 35.5. The molecule has 0 saturated carbocycles. The second kappa shape index (κ2) is 5.84. The molecule has 0 heterocycles. The third kappa shape index (κ3) is 3.32. The lowest BCUT2D eigenvalue weighted by Gasteiger charge is -2.06. The van der Waals surface area contributed by atoms with Gasteiger partial charge < -0.3 is 5.32 Å². The summed E-state index contributed by atoms with van der Waals surface area (Å²) in [4.78, 5) is 22.0. The number of hydrogen-bond acceptors (Lipinski definition) is 3. The van der Waals surface area contributed by atoms with Crippen LogP contribution in [0, 0.1) is 21.7 Å². The number of benzene rings is 2. The number of carbonyl (C=O) groups is 1. The van der Waals surface area contributed by atoms with Crippen LogP contribution in [-0.4, -0.2) is 10.8 Å². The molecule has 0 aliphatic carbocycles. The summed E-state index contributed by atoms with van der Waals surface area (Å²) < 4.78 is 26.4. The number of anilines is 1. The van der Waals surface area contributed by atoms with Gasteiger partial charge in [0.1, 0.15) is 17.2 Å². The maximum Gasteiger partial charge on any atom is 0.282 e. The molecule has 5 nitrogen and oxygen atoms in total. The van der Waals surface area contributed by atoms with Crippen LogP contribution in [-0.2, 0) is 0 Å². The molecule has 21 heavy (non-hydrogen) atoms. The van der Waals surface area contributed by atoms with Crippen LogP contribution in [0.3, 0.4) is 0 Å². The average molecular weight is 313 g/mol. The van der Waals surface area contributed by atoms with Crippen LogP contribution in [0.5, 0.6) is 0 Å². The maximum atomic E-state index is 13.3. The standard InChI is InChI=1S/C13H7ClF2N2O3/c14-10-3-2-8(6-11(10)16)17-13(19)9-5-7(15)1-4-12(9)18(20)21/h1-6H,(H,17,19). The fraction of sp³-hybridized carbons (Fsp3) is 0. The lowest BCUT2D eigenvalue weighted by atomic mass is 10.1. The van der Waals surface area contributed by atoms with Crippen LogP contribution in [0.1, 0.15) is 10.4 Å². The molecular formula is C13H7ClF2N2O3. The van der Waals surface area contributed by atoms with E-state index in [1.165, 1.54) is 12.1 Å². The van der Waals surface area contributed by atoms with E-state index in [1.54, 1.807) is 0 Å². The summed E-state index contributed by atoms with van der Waals surface area (Å²) in [7, 11) is 0. The minimum Gasteiger partial charge on any atom is -0.322 e. The number of amides is 1. The lowest BCUT2D eigenvalue weighted by molar-refractivity contribution is -0.385. The van der Waals surface area contributed by atoms with Crippen LogP contribution in [0.15, 0.2) is 36.4 Å². The summed E-state index contributed by atoms with van der Waals surface area (Å²) in [6.45, 7) is 0. The molecule has 0 aliphatic heterocycles. The summed E-state index contributed by atoms with van der Waals surface area (Å²) in [5.74, 6) is -2.49. The molecule has 2 aromatic carbocycles. The normalized spacial score (nSPS) is 10.2. The molecule has 2 rings (SSSR count). The number of nitro benzene ring substituents is 1. The Bertz CT molecular complexity index is 737. The largest absolute Gasteiger partial charge is 0.322 e. The summed E-state index contributed by atoms with van der Waals surface area (Å²) in [6.07, 6.45) is 0. The van der Waals surface area contributed by atoms with Crippen LogP contribution in [0.2, 0.25) is 5.02 Å². The predicted octanol–water partition coefficient (Wildman–Crippen LogP) is 3.78. The monoisotopic (exact) mass is 312 g/mol. The van der Waals surface area contributed by atoms with Crippen molar-refractivity contribution in [3.63, 3.8) is 0 Å². The number of nitrogens with zero attached hydrogens (tertiary/aromatic N) is 1. The maximum absolute atomic E-state index is 13.3. The Labute approximate surface area is 122 Å². The zero-order valence-electron chi connectivity index (χ0n) is 10.3. The molecule has 108 valence electrons. The van der Waals surface area contributed by atoms with Crippen molar-refractivity contribution in [2.45, 2.75) is 0 Å². The van der Waals surface area contributed by atoms with Gasteiger partial charge in [-0.3, -0.25) is 14.9 Å². The Hall–Kier alpha value is -2.54. The van der Waals surface area contributed by atoms with Crippen molar-refractivity contribution in [2.24, 2.45) is 0 Å². The van der Waals surface area contributed by atoms with Crippen LogP contribution in [0.25, 0.3) is 0 Å². The van der Waals surface area contributed by atoms with Crippen LogP contribution < -0.4 is 5.32 Å².